The molecule has 0 bridgehead atoms. The molecule has 2 amide bonds. The minimum absolute atomic E-state index is 0.196. The quantitative estimate of drug-likeness (QED) is 0.555. The maximum atomic E-state index is 12.8. The monoisotopic (exact) mass is 488 g/mol. The second-order valence-corrected chi connectivity index (χ2v) is 8.10. The minimum atomic E-state index is -0.574. The van der Waals surface area contributed by atoms with Crippen molar-refractivity contribution in [2.75, 3.05) is 26.9 Å². The lowest BCUT2D eigenvalue weighted by Crippen LogP contribution is -2.49. The first-order chi connectivity index (χ1) is 14.9. The van der Waals surface area contributed by atoms with Crippen LogP contribution < -0.4 is 20.5 Å². The van der Waals surface area contributed by atoms with Crippen molar-refractivity contribution in [3.63, 3.8) is 0 Å². The summed E-state index contributed by atoms with van der Waals surface area (Å²) in [5.74, 6) is 0.0761. The van der Waals surface area contributed by atoms with E-state index in [0.717, 1.165) is 15.6 Å². The number of rotatable bonds is 8. The summed E-state index contributed by atoms with van der Waals surface area (Å²) in [4.78, 5) is 23.7. The van der Waals surface area contributed by atoms with Crippen molar-refractivity contribution >= 4 is 33.8 Å². The van der Waals surface area contributed by atoms with E-state index in [1.807, 2.05) is 24.3 Å². The van der Waals surface area contributed by atoms with Gasteiger partial charge in [-0.05, 0) is 54.3 Å². The Hall–Kier alpha value is -2.84. The number of benzene rings is 2. The molecule has 1 heterocycles. The lowest BCUT2D eigenvalue weighted by Gasteiger charge is -2.38. The fourth-order valence-corrected chi connectivity index (χ4v) is 3.74. The number of primary amides is 1. The maximum Gasteiger partial charge on any atom is 0.255 e. The fourth-order valence-electron chi connectivity index (χ4n) is 3.48. The van der Waals surface area contributed by atoms with E-state index >= 15 is 0 Å². The van der Waals surface area contributed by atoms with Gasteiger partial charge in [-0.1, -0.05) is 34.1 Å². The predicted octanol–water partition coefficient (Wildman–Crippen LogP) is 3.16. The number of methoxy groups -OCH3 is 1. The SMILES string of the molecule is COc1cc(/C=C/C(=O)NC2(c3ccc(Br)cc3)CCOCC2)ccc1OCC(N)=O. The molecule has 8 heteroatoms. The third kappa shape index (κ3) is 6.08. The molecule has 7 nitrogen and oxygen atoms in total. The molecule has 0 radical (unpaired) electrons. The van der Waals surface area contributed by atoms with Crippen molar-refractivity contribution in [1.29, 1.82) is 0 Å². The van der Waals surface area contributed by atoms with Gasteiger partial charge < -0.3 is 25.3 Å². The maximum absolute atomic E-state index is 12.8. The molecule has 31 heavy (non-hydrogen) atoms. The molecule has 2 aromatic rings. The highest BCUT2D eigenvalue weighted by atomic mass is 79.9. The average Bonchev–Trinajstić information content (AvgIpc) is 2.77. The molecular formula is C23H25BrN2O5. The largest absolute Gasteiger partial charge is 0.493 e. The Labute approximate surface area is 189 Å². The molecule has 2 aromatic carbocycles. The molecule has 1 fully saturated rings. The summed E-state index contributed by atoms with van der Waals surface area (Å²) < 4.78 is 17.1. The van der Waals surface area contributed by atoms with Gasteiger partial charge in [0, 0.05) is 23.8 Å². The number of ether oxygens (including phenoxy) is 3. The Bertz CT molecular complexity index is 953. The summed E-state index contributed by atoms with van der Waals surface area (Å²) in [6.45, 7) is 0.934. The van der Waals surface area contributed by atoms with Gasteiger partial charge in [0.05, 0.1) is 12.6 Å². The Morgan fingerprint density at radius 1 is 1.16 bits per heavy atom. The molecule has 0 spiro atoms. The van der Waals surface area contributed by atoms with Crippen molar-refractivity contribution in [3.05, 3.63) is 64.1 Å². The van der Waals surface area contributed by atoms with E-state index < -0.39 is 11.4 Å². The minimum Gasteiger partial charge on any atom is -0.493 e. The summed E-state index contributed by atoms with van der Waals surface area (Å²) in [7, 11) is 1.50. The molecule has 3 rings (SSSR count). The third-order valence-electron chi connectivity index (χ3n) is 5.09. The molecule has 1 aliphatic heterocycles. The van der Waals surface area contributed by atoms with Crippen LogP contribution in [-0.2, 0) is 19.9 Å². The summed E-state index contributed by atoms with van der Waals surface area (Å²) >= 11 is 3.46. The van der Waals surface area contributed by atoms with Gasteiger partial charge in [-0.2, -0.15) is 0 Å². The molecule has 3 N–H and O–H groups in total. The second-order valence-electron chi connectivity index (χ2n) is 7.19. The number of amides is 2. The van der Waals surface area contributed by atoms with Gasteiger partial charge in [-0.3, -0.25) is 9.59 Å². The van der Waals surface area contributed by atoms with E-state index in [4.69, 9.17) is 19.9 Å². The lowest BCUT2D eigenvalue weighted by molar-refractivity contribution is -0.120. The van der Waals surface area contributed by atoms with Crippen LogP contribution >= 0.6 is 15.9 Å². The molecule has 0 atom stereocenters. The van der Waals surface area contributed by atoms with E-state index in [1.165, 1.54) is 13.2 Å². The highest BCUT2D eigenvalue weighted by Crippen LogP contribution is 2.33. The Morgan fingerprint density at radius 3 is 2.52 bits per heavy atom. The van der Waals surface area contributed by atoms with E-state index in [9.17, 15) is 9.59 Å². The molecule has 1 saturated heterocycles. The number of hydrogen-bond acceptors (Lipinski definition) is 5. The normalized spacial score (nSPS) is 15.4. The fraction of sp³-hybridized carbons (Fsp3) is 0.304. The molecule has 1 aliphatic rings. The zero-order chi connectivity index (χ0) is 22.3. The van der Waals surface area contributed by atoms with Gasteiger partial charge in [0.25, 0.3) is 5.91 Å². The highest BCUT2D eigenvalue weighted by molar-refractivity contribution is 9.10. The van der Waals surface area contributed by atoms with E-state index in [1.54, 1.807) is 24.3 Å². The number of hydrogen-bond donors (Lipinski definition) is 2. The van der Waals surface area contributed by atoms with Gasteiger partial charge in [-0.25, -0.2) is 0 Å². The van der Waals surface area contributed by atoms with Crippen molar-refractivity contribution in [1.82, 2.24) is 5.32 Å². The molecule has 0 aliphatic carbocycles. The van der Waals surface area contributed by atoms with Gasteiger partial charge >= 0.3 is 0 Å². The first-order valence-electron chi connectivity index (χ1n) is 9.85. The van der Waals surface area contributed by atoms with Crippen LogP contribution in [0.1, 0.15) is 24.0 Å². The smallest absolute Gasteiger partial charge is 0.255 e. The van der Waals surface area contributed by atoms with Gasteiger partial charge in [0.2, 0.25) is 5.91 Å². The molecule has 0 saturated carbocycles. The van der Waals surface area contributed by atoms with Crippen LogP contribution in [0.5, 0.6) is 11.5 Å². The first kappa shape index (κ1) is 22.8. The van der Waals surface area contributed by atoms with E-state index in [0.29, 0.717) is 37.6 Å². The zero-order valence-electron chi connectivity index (χ0n) is 17.2. The van der Waals surface area contributed by atoms with Gasteiger partial charge in [-0.15, -0.1) is 0 Å². The van der Waals surface area contributed by atoms with Crippen LogP contribution in [0.2, 0.25) is 0 Å². The second kappa shape index (κ2) is 10.5. The first-order valence-corrected chi connectivity index (χ1v) is 10.6. The van der Waals surface area contributed by atoms with E-state index in [2.05, 4.69) is 21.2 Å². The number of nitrogens with two attached hydrogens (primary N) is 1. The van der Waals surface area contributed by atoms with Crippen LogP contribution in [0, 0.1) is 0 Å². The summed E-state index contributed by atoms with van der Waals surface area (Å²) in [5.41, 5.74) is 6.45. The predicted molar refractivity (Wildman–Crippen MR) is 121 cm³/mol. The highest BCUT2D eigenvalue weighted by Gasteiger charge is 2.35. The Balaban J connectivity index is 1.73. The van der Waals surface area contributed by atoms with Crippen LogP contribution in [0.25, 0.3) is 6.08 Å². The van der Waals surface area contributed by atoms with Crippen LogP contribution in [0.4, 0.5) is 0 Å². The number of carbonyl (C=O) groups excluding carboxylic acids is 2. The van der Waals surface area contributed by atoms with Crippen LogP contribution in [0.15, 0.2) is 53.0 Å². The molecule has 164 valence electrons. The van der Waals surface area contributed by atoms with Gasteiger partial charge in [0.15, 0.2) is 18.1 Å². The molecule has 0 aromatic heterocycles. The zero-order valence-corrected chi connectivity index (χ0v) is 18.8. The lowest BCUT2D eigenvalue weighted by atomic mass is 9.82. The van der Waals surface area contributed by atoms with E-state index in [-0.39, 0.29) is 12.5 Å². The summed E-state index contributed by atoms with van der Waals surface area (Å²) in [5, 5.41) is 3.18. The number of halogens is 1. The van der Waals surface area contributed by atoms with Crippen molar-refractivity contribution in [2.24, 2.45) is 5.73 Å². The van der Waals surface area contributed by atoms with Crippen molar-refractivity contribution in [3.8, 4) is 11.5 Å². The van der Waals surface area contributed by atoms with Crippen molar-refractivity contribution < 1.29 is 23.8 Å². The van der Waals surface area contributed by atoms with Crippen molar-refractivity contribution in [2.45, 2.75) is 18.4 Å². The summed E-state index contributed by atoms with van der Waals surface area (Å²) in [6.07, 6.45) is 4.60. The van der Waals surface area contributed by atoms with Crippen LogP contribution in [-0.4, -0.2) is 38.7 Å². The number of carbonyl (C=O) groups is 2. The average molecular weight is 489 g/mol. The Kier molecular flexibility index (Phi) is 7.70. The van der Waals surface area contributed by atoms with Crippen LogP contribution in [0.3, 0.4) is 0 Å². The van der Waals surface area contributed by atoms with Gasteiger partial charge in [0.1, 0.15) is 0 Å². The topological polar surface area (TPSA) is 99.9 Å². The molecular weight excluding hydrogens is 464 g/mol. The number of nitrogens with one attached hydrogen (secondary N) is 1. The third-order valence-corrected chi connectivity index (χ3v) is 5.62. The summed E-state index contributed by atoms with van der Waals surface area (Å²) in [6, 6.07) is 13.2. The Morgan fingerprint density at radius 2 is 1.87 bits per heavy atom. The standard InChI is InChI=1S/C23H25BrN2O5/c1-29-20-14-16(2-8-19(20)31-15-21(25)27)3-9-22(28)26-23(10-12-30-13-11-23)17-4-6-18(24)7-5-17/h2-9,14H,10-13,15H2,1H3,(H2,25,27)(H,26,28)/b9-3+. The molecule has 0 unspecified atom stereocenters.